The lowest BCUT2D eigenvalue weighted by atomic mass is 9.66. The summed E-state index contributed by atoms with van der Waals surface area (Å²) in [4.78, 5) is 11.3. The van der Waals surface area contributed by atoms with Gasteiger partial charge in [-0.3, -0.25) is 0 Å². The van der Waals surface area contributed by atoms with Crippen LogP contribution in [0.2, 0.25) is 0 Å². The predicted molar refractivity (Wildman–Crippen MR) is 68.5 cm³/mol. The Morgan fingerprint density at radius 3 is 2.71 bits per heavy atom. The second-order valence-electron chi connectivity index (χ2n) is 6.64. The van der Waals surface area contributed by atoms with Crippen molar-refractivity contribution in [2.24, 2.45) is 10.8 Å². The number of esters is 1. The zero-order valence-electron chi connectivity index (χ0n) is 11.1. The van der Waals surface area contributed by atoms with E-state index >= 15 is 0 Å². The van der Waals surface area contributed by atoms with Gasteiger partial charge in [-0.25, -0.2) is 4.79 Å². The van der Waals surface area contributed by atoms with Crippen LogP contribution in [0.3, 0.4) is 0 Å². The molecule has 1 saturated heterocycles. The fourth-order valence-corrected chi connectivity index (χ4v) is 3.30. The van der Waals surface area contributed by atoms with E-state index < -0.39 is 0 Å². The molecule has 0 aromatic carbocycles. The molecule has 0 aromatic heterocycles. The molecule has 2 aliphatic rings. The lowest BCUT2D eigenvalue weighted by Crippen LogP contribution is -2.30. The summed E-state index contributed by atoms with van der Waals surface area (Å²) in [6.07, 6.45) is 8.50. The molecule has 94 valence electrons. The van der Waals surface area contributed by atoms with Gasteiger partial charge in [-0.05, 0) is 30.1 Å². The van der Waals surface area contributed by atoms with E-state index in [2.05, 4.69) is 39.5 Å². The van der Waals surface area contributed by atoms with E-state index in [1.807, 2.05) is 0 Å². The topological polar surface area (TPSA) is 26.3 Å². The van der Waals surface area contributed by atoms with Crippen LogP contribution in [-0.4, -0.2) is 12.1 Å². The highest BCUT2D eigenvalue weighted by Crippen LogP contribution is 2.45. The molecule has 0 amide bonds. The molecule has 2 unspecified atom stereocenters. The van der Waals surface area contributed by atoms with Crippen molar-refractivity contribution < 1.29 is 9.53 Å². The van der Waals surface area contributed by atoms with E-state index in [0.717, 1.165) is 19.3 Å². The summed E-state index contributed by atoms with van der Waals surface area (Å²) in [6, 6.07) is 0. The Balaban J connectivity index is 2.03. The van der Waals surface area contributed by atoms with Gasteiger partial charge in [-0.1, -0.05) is 39.5 Å². The van der Waals surface area contributed by atoms with Gasteiger partial charge in [0.2, 0.25) is 0 Å². The van der Waals surface area contributed by atoms with E-state index in [9.17, 15) is 4.79 Å². The van der Waals surface area contributed by atoms with Crippen LogP contribution < -0.4 is 0 Å². The molecule has 17 heavy (non-hydrogen) atoms. The Kier molecular flexibility index (Phi) is 2.92. The number of ether oxygens (including phenoxy) is 1. The first-order chi connectivity index (χ1) is 7.80. The van der Waals surface area contributed by atoms with Crippen molar-refractivity contribution in [1.82, 2.24) is 0 Å². The first-order valence-corrected chi connectivity index (χ1v) is 6.36. The van der Waals surface area contributed by atoms with Crippen molar-refractivity contribution in [2.45, 2.75) is 52.6 Å². The smallest absolute Gasteiger partial charge is 0.333 e. The minimum absolute atomic E-state index is 0.0264. The van der Waals surface area contributed by atoms with Gasteiger partial charge in [0.05, 0.1) is 0 Å². The first-order valence-electron chi connectivity index (χ1n) is 6.36. The number of hydrogen-bond acceptors (Lipinski definition) is 2. The molecule has 1 heterocycles. The second-order valence-corrected chi connectivity index (χ2v) is 6.64. The Labute approximate surface area is 104 Å². The largest absolute Gasteiger partial charge is 0.459 e. The lowest BCUT2D eigenvalue weighted by Gasteiger charge is -2.39. The quantitative estimate of drug-likeness (QED) is 0.414. The first kappa shape index (κ1) is 12.4. The summed E-state index contributed by atoms with van der Waals surface area (Å²) in [5, 5.41) is 0. The number of allylic oxidation sites excluding steroid dienone is 2. The molecule has 0 radical (unpaired) electrons. The fraction of sp³-hybridized carbons (Fsp3) is 0.667. The van der Waals surface area contributed by atoms with Crippen LogP contribution >= 0.6 is 0 Å². The number of hydrogen-bond donors (Lipinski definition) is 0. The average molecular weight is 234 g/mol. The Morgan fingerprint density at radius 1 is 1.47 bits per heavy atom. The molecule has 2 rings (SSSR count). The average Bonchev–Trinajstić information content (AvgIpc) is 2.41. The number of carbonyl (C=O) groups excluding carboxylic acids is 1. The highest BCUT2D eigenvalue weighted by molar-refractivity contribution is 5.89. The van der Waals surface area contributed by atoms with Gasteiger partial charge in [-0.15, -0.1) is 0 Å². The van der Waals surface area contributed by atoms with Crippen molar-refractivity contribution in [1.29, 1.82) is 0 Å². The van der Waals surface area contributed by atoms with Crippen LogP contribution in [0.25, 0.3) is 0 Å². The summed E-state index contributed by atoms with van der Waals surface area (Å²) in [6.45, 7) is 10.6. The van der Waals surface area contributed by atoms with E-state index in [1.165, 1.54) is 0 Å². The molecule has 0 aromatic rings. The maximum atomic E-state index is 11.3. The molecule has 2 atom stereocenters. The zero-order chi connectivity index (χ0) is 12.7. The van der Waals surface area contributed by atoms with E-state index in [-0.39, 0.29) is 17.5 Å². The van der Waals surface area contributed by atoms with Gasteiger partial charge in [0.15, 0.2) is 0 Å². The maximum absolute atomic E-state index is 11.3. The molecular formula is C15H22O2. The molecule has 2 heteroatoms. The third-order valence-electron chi connectivity index (χ3n) is 3.80. The van der Waals surface area contributed by atoms with E-state index in [4.69, 9.17) is 4.74 Å². The van der Waals surface area contributed by atoms with E-state index in [0.29, 0.717) is 17.4 Å². The van der Waals surface area contributed by atoms with Crippen LogP contribution in [0.5, 0.6) is 0 Å². The third kappa shape index (κ3) is 2.80. The fourth-order valence-electron chi connectivity index (χ4n) is 3.30. The summed E-state index contributed by atoms with van der Waals surface area (Å²) >= 11 is 0. The van der Waals surface area contributed by atoms with Gasteiger partial charge in [0.1, 0.15) is 6.10 Å². The minimum atomic E-state index is -0.211. The number of cyclic esters (lactones) is 1. The molecule has 1 fully saturated rings. The van der Waals surface area contributed by atoms with Crippen LogP contribution in [0.4, 0.5) is 0 Å². The molecule has 0 saturated carbocycles. The summed E-state index contributed by atoms with van der Waals surface area (Å²) < 4.78 is 5.34. The normalized spacial score (nSPS) is 36.1. The van der Waals surface area contributed by atoms with Crippen LogP contribution in [-0.2, 0) is 9.53 Å². The summed E-state index contributed by atoms with van der Waals surface area (Å²) in [5.74, 6) is -0.211. The number of rotatable bonds is 2. The van der Waals surface area contributed by atoms with Crippen molar-refractivity contribution in [3.63, 3.8) is 0 Å². The second kappa shape index (κ2) is 4.01. The molecule has 0 bridgehead atoms. The van der Waals surface area contributed by atoms with E-state index in [1.54, 1.807) is 0 Å². The highest BCUT2D eigenvalue weighted by atomic mass is 16.5. The van der Waals surface area contributed by atoms with Crippen LogP contribution in [0, 0.1) is 10.8 Å². The Morgan fingerprint density at radius 2 is 2.18 bits per heavy atom. The molecule has 1 aliphatic heterocycles. The van der Waals surface area contributed by atoms with Crippen LogP contribution in [0.15, 0.2) is 24.3 Å². The van der Waals surface area contributed by atoms with Gasteiger partial charge in [0.25, 0.3) is 0 Å². The monoisotopic (exact) mass is 234 g/mol. The molecule has 1 aliphatic carbocycles. The van der Waals surface area contributed by atoms with Crippen molar-refractivity contribution in [3.8, 4) is 0 Å². The zero-order valence-corrected chi connectivity index (χ0v) is 11.1. The molecule has 2 nitrogen and oxygen atoms in total. The molecular weight excluding hydrogens is 212 g/mol. The molecule has 0 spiro atoms. The number of carbonyl (C=O) groups is 1. The minimum Gasteiger partial charge on any atom is -0.459 e. The maximum Gasteiger partial charge on any atom is 0.333 e. The SMILES string of the molecule is C=C1CC(CC2(C)C=CCC(C)(C)C2)OC1=O. The summed E-state index contributed by atoms with van der Waals surface area (Å²) in [7, 11) is 0. The Bertz CT molecular complexity index is 362. The highest BCUT2D eigenvalue weighted by Gasteiger charge is 2.38. The molecule has 0 N–H and O–H groups in total. The van der Waals surface area contributed by atoms with Crippen molar-refractivity contribution in [3.05, 3.63) is 24.3 Å². The standard InChI is InChI=1S/C15H22O2/c1-11-8-12(17-13(11)16)9-15(4)7-5-6-14(2,3)10-15/h5,7,12H,1,6,8-10H2,2-4H3. The van der Waals surface area contributed by atoms with Gasteiger partial charge in [-0.2, -0.15) is 0 Å². The van der Waals surface area contributed by atoms with Gasteiger partial charge >= 0.3 is 5.97 Å². The lowest BCUT2D eigenvalue weighted by molar-refractivity contribution is -0.139. The van der Waals surface area contributed by atoms with Gasteiger partial charge < -0.3 is 4.74 Å². The predicted octanol–water partition coefficient (Wildman–Crippen LogP) is 3.63. The Hall–Kier alpha value is -1.05. The summed E-state index contributed by atoms with van der Waals surface area (Å²) in [5.41, 5.74) is 1.12. The van der Waals surface area contributed by atoms with Crippen molar-refractivity contribution >= 4 is 5.97 Å². The van der Waals surface area contributed by atoms with Crippen molar-refractivity contribution in [2.75, 3.05) is 0 Å². The van der Waals surface area contributed by atoms with Gasteiger partial charge in [0, 0.05) is 12.0 Å². The third-order valence-corrected chi connectivity index (χ3v) is 3.80. The van der Waals surface area contributed by atoms with Crippen LogP contribution in [0.1, 0.15) is 46.5 Å².